The monoisotopic (exact) mass is 607 g/mol. The molecule has 3 aromatic rings. The zero-order valence-corrected chi connectivity index (χ0v) is 27.1. The molecular formula is C36H45N7O2. The topological polar surface area (TPSA) is 88.8 Å². The first-order valence-electron chi connectivity index (χ1n) is 16.2. The number of nitriles is 1. The third kappa shape index (κ3) is 6.08. The van der Waals surface area contributed by atoms with Crippen molar-refractivity contribution in [2.75, 3.05) is 49.6 Å². The maximum atomic E-state index is 12.6. The molecule has 236 valence electrons. The van der Waals surface area contributed by atoms with E-state index in [0.717, 1.165) is 30.0 Å². The van der Waals surface area contributed by atoms with Gasteiger partial charge in [-0.3, -0.25) is 9.69 Å². The number of fused-ring (bicyclic) bond motifs is 2. The number of piperazine rings is 1. The maximum absolute atomic E-state index is 12.6. The largest absolute Gasteiger partial charge is 0.461 e. The number of nitrogens with zero attached hydrogens (tertiary/aromatic N) is 7. The van der Waals surface area contributed by atoms with Crippen LogP contribution in [0, 0.1) is 18.3 Å². The van der Waals surface area contributed by atoms with Crippen LogP contribution in [0.1, 0.15) is 56.4 Å². The summed E-state index contributed by atoms with van der Waals surface area (Å²) in [7, 11) is 2.19. The Morgan fingerprint density at radius 1 is 1.16 bits per heavy atom. The molecule has 1 saturated carbocycles. The van der Waals surface area contributed by atoms with E-state index in [1.807, 2.05) is 0 Å². The molecule has 2 aliphatic heterocycles. The van der Waals surface area contributed by atoms with Crippen molar-refractivity contribution in [2.24, 2.45) is 0 Å². The number of aryl methyl sites for hydroxylation is 1. The van der Waals surface area contributed by atoms with Crippen molar-refractivity contribution < 1.29 is 9.53 Å². The van der Waals surface area contributed by atoms with Crippen LogP contribution in [0.15, 0.2) is 49.1 Å². The Bertz CT molecular complexity index is 1620. The minimum Gasteiger partial charge on any atom is -0.461 e. The highest BCUT2D eigenvalue weighted by molar-refractivity contribution is 5.97. The standard InChI is InChI=1S/C36H45N7O2/c1-6-32(44)43-21-20-42(22-28(43)16-18-37)34-29-17-19-41(31-15-8-12-26-11-7-10-25(2)33(26)31)23-30(29)38-35(39-34)45-24-36(3,4)40(5)27-13-9-14-27/h6-8,10-12,15,27-28H,1,9,13-14,16-17,19-24H2,2-5H3/t28-/m0/s1. The second-order valence-electron chi connectivity index (χ2n) is 13.4. The lowest BCUT2D eigenvalue weighted by Gasteiger charge is -2.44. The minimum atomic E-state index is -0.238. The van der Waals surface area contributed by atoms with Crippen LogP contribution in [0.5, 0.6) is 6.01 Å². The van der Waals surface area contributed by atoms with E-state index in [-0.39, 0.29) is 23.9 Å². The van der Waals surface area contributed by atoms with Crippen LogP contribution in [-0.4, -0.2) is 83.1 Å². The molecule has 2 fully saturated rings. The summed E-state index contributed by atoms with van der Waals surface area (Å²) in [5.74, 6) is 0.727. The summed E-state index contributed by atoms with van der Waals surface area (Å²) < 4.78 is 6.45. The maximum Gasteiger partial charge on any atom is 0.318 e. The first-order valence-corrected chi connectivity index (χ1v) is 16.2. The normalized spacial score (nSPS) is 18.8. The number of anilines is 2. The quantitative estimate of drug-likeness (QED) is 0.305. The molecule has 3 heterocycles. The van der Waals surface area contributed by atoms with Crippen molar-refractivity contribution in [1.29, 1.82) is 5.26 Å². The van der Waals surface area contributed by atoms with Crippen LogP contribution >= 0.6 is 0 Å². The fraction of sp³-hybridized carbons (Fsp3) is 0.500. The molecule has 0 bridgehead atoms. The third-order valence-corrected chi connectivity index (χ3v) is 10.2. The summed E-state index contributed by atoms with van der Waals surface area (Å²) in [6.45, 7) is 13.9. The number of benzene rings is 2. The van der Waals surface area contributed by atoms with E-state index < -0.39 is 0 Å². The van der Waals surface area contributed by atoms with Crippen LogP contribution in [0.4, 0.5) is 11.5 Å². The predicted molar refractivity (Wildman–Crippen MR) is 179 cm³/mol. The van der Waals surface area contributed by atoms with E-state index in [4.69, 9.17) is 14.7 Å². The first kappa shape index (κ1) is 30.8. The zero-order valence-electron chi connectivity index (χ0n) is 27.1. The highest BCUT2D eigenvalue weighted by Gasteiger charge is 2.36. The number of aromatic nitrogens is 2. The summed E-state index contributed by atoms with van der Waals surface area (Å²) in [5.41, 5.74) is 4.40. The van der Waals surface area contributed by atoms with Gasteiger partial charge in [0.05, 0.1) is 30.8 Å². The van der Waals surface area contributed by atoms with Crippen molar-refractivity contribution in [3.05, 3.63) is 65.9 Å². The average molecular weight is 608 g/mol. The third-order valence-electron chi connectivity index (χ3n) is 10.2. The molecule has 9 nitrogen and oxygen atoms in total. The van der Waals surface area contributed by atoms with Crippen molar-refractivity contribution >= 4 is 28.2 Å². The van der Waals surface area contributed by atoms with Crippen molar-refractivity contribution in [2.45, 2.75) is 77.0 Å². The lowest BCUT2D eigenvalue weighted by atomic mass is 9.88. The van der Waals surface area contributed by atoms with E-state index in [9.17, 15) is 10.1 Å². The SMILES string of the molecule is C=CC(=O)N1CCN(c2nc(OCC(C)(C)N(C)C3CCC3)nc3c2CCN(c2cccc4cccc(C)c24)C3)C[C@@H]1CC#N. The lowest BCUT2D eigenvalue weighted by molar-refractivity contribution is -0.128. The predicted octanol–water partition coefficient (Wildman–Crippen LogP) is 5.26. The van der Waals surface area contributed by atoms with Gasteiger partial charge in [0, 0.05) is 54.4 Å². The number of amides is 1. The van der Waals surface area contributed by atoms with Gasteiger partial charge in [-0.05, 0) is 70.2 Å². The Labute approximate surface area is 267 Å². The molecule has 1 atom stereocenters. The lowest BCUT2D eigenvalue weighted by Crippen LogP contribution is -2.55. The van der Waals surface area contributed by atoms with Crippen LogP contribution < -0.4 is 14.5 Å². The van der Waals surface area contributed by atoms with E-state index >= 15 is 0 Å². The Morgan fingerprint density at radius 2 is 1.93 bits per heavy atom. The molecule has 0 unspecified atom stereocenters. The van der Waals surface area contributed by atoms with Crippen LogP contribution in [-0.2, 0) is 17.8 Å². The molecule has 45 heavy (non-hydrogen) atoms. The fourth-order valence-electron chi connectivity index (χ4n) is 7.04. The second-order valence-corrected chi connectivity index (χ2v) is 13.4. The van der Waals surface area contributed by atoms with Gasteiger partial charge in [0.15, 0.2) is 0 Å². The molecule has 0 radical (unpaired) electrons. The highest BCUT2D eigenvalue weighted by Crippen LogP contribution is 2.36. The summed E-state index contributed by atoms with van der Waals surface area (Å²) in [4.78, 5) is 31.5. The van der Waals surface area contributed by atoms with Gasteiger partial charge in [0.1, 0.15) is 12.4 Å². The van der Waals surface area contributed by atoms with Crippen LogP contribution in [0.25, 0.3) is 10.8 Å². The fourth-order valence-corrected chi connectivity index (χ4v) is 7.04. The number of carbonyl (C=O) groups excluding carboxylic acids is 1. The molecule has 0 spiro atoms. The van der Waals surface area contributed by atoms with Crippen LogP contribution in [0.2, 0.25) is 0 Å². The summed E-state index contributed by atoms with van der Waals surface area (Å²) in [6, 6.07) is 16.0. The van der Waals surface area contributed by atoms with E-state index in [1.165, 1.54) is 47.4 Å². The van der Waals surface area contributed by atoms with E-state index in [1.54, 1.807) is 4.90 Å². The Kier molecular flexibility index (Phi) is 8.69. The molecule has 1 amide bonds. The number of hydrogen-bond donors (Lipinski definition) is 0. The zero-order chi connectivity index (χ0) is 31.7. The molecule has 1 aliphatic carbocycles. The molecule has 9 heteroatoms. The van der Waals surface area contributed by atoms with Crippen molar-refractivity contribution in [1.82, 2.24) is 19.8 Å². The van der Waals surface area contributed by atoms with Crippen LogP contribution in [0.3, 0.4) is 0 Å². The molecule has 2 aromatic carbocycles. The first-order chi connectivity index (χ1) is 21.7. The van der Waals surface area contributed by atoms with E-state index in [2.05, 4.69) is 91.6 Å². The van der Waals surface area contributed by atoms with Gasteiger partial charge in [-0.15, -0.1) is 0 Å². The summed E-state index contributed by atoms with van der Waals surface area (Å²) in [5, 5.41) is 12.1. The van der Waals surface area contributed by atoms with Gasteiger partial charge in [-0.1, -0.05) is 43.3 Å². The van der Waals surface area contributed by atoms with E-state index in [0.29, 0.717) is 44.8 Å². The molecule has 1 aromatic heterocycles. The summed E-state index contributed by atoms with van der Waals surface area (Å²) >= 11 is 0. The second kappa shape index (κ2) is 12.7. The Balaban J connectivity index is 1.34. The van der Waals surface area contributed by atoms with Crippen molar-refractivity contribution in [3.8, 4) is 12.1 Å². The Hall–Kier alpha value is -4.16. The number of likely N-dealkylation sites (N-methyl/N-ethyl adjacent to an activating group) is 1. The van der Waals surface area contributed by atoms with Gasteiger partial charge in [-0.25, -0.2) is 0 Å². The molecule has 1 saturated heterocycles. The molecule has 6 rings (SSSR count). The number of rotatable bonds is 9. The number of carbonyl (C=O) groups is 1. The molecule has 0 N–H and O–H groups in total. The van der Waals surface area contributed by atoms with Gasteiger partial charge < -0.3 is 19.4 Å². The Morgan fingerprint density at radius 3 is 2.64 bits per heavy atom. The minimum absolute atomic E-state index is 0.137. The number of ether oxygens (including phenoxy) is 1. The summed E-state index contributed by atoms with van der Waals surface area (Å²) in [6.07, 6.45) is 6.12. The van der Waals surface area contributed by atoms with Gasteiger partial charge in [-0.2, -0.15) is 15.2 Å². The van der Waals surface area contributed by atoms with Gasteiger partial charge in [0.2, 0.25) is 5.91 Å². The smallest absolute Gasteiger partial charge is 0.318 e. The highest BCUT2D eigenvalue weighted by atomic mass is 16.5. The molecule has 3 aliphatic rings. The van der Waals surface area contributed by atoms with Gasteiger partial charge >= 0.3 is 6.01 Å². The van der Waals surface area contributed by atoms with Crippen molar-refractivity contribution in [3.63, 3.8) is 0 Å². The average Bonchev–Trinajstić information content (AvgIpc) is 3.02. The molecular weight excluding hydrogens is 562 g/mol. The van der Waals surface area contributed by atoms with Gasteiger partial charge in [0.25, 0.3) is 0 Å². The number of hydrogen-bond acceptors (Lipinski definition) is 8.